The first-order valence-corrected chi connectivity index (χ1v) is 6.70. The Balaban J connectivity index is 2.82. The third-order valence-electron chi connectivity index (χ3n) is 1.81. The zero-order valence-electron chi connectivity index (χ0n) is 8.02. The second kappa shape index (κ2) is 5.88. The number of benzene rings is 1. The number of rotatable bonds is 3. The summed E-state index contributed by atoms with van der Waals surface area (Å²) in [6.07, 6.45) is 0. The van der Waals surface area contributed by atoms with Gasteiger partial charge in [0.15, 0.2) is 0 Å². The Morgan fingerprint density at radius 1 is 1.33 bits per heavy atom. The molecule has 0 radical (unpaired) electrons. The molecule has 1 unspecified atom stereocenters. The highest BCUT2D eigenvalue weighted by molar-refractivity contribution is 9.11. The average Bonchev–Trinajstić information content (AvgIpc) is 2.15. The number of hydrogen-bond acceptors (Lipinski definition) is 2. The number of nitrogens with one attached hydrogen (secondary N) is 1. The van der Waals surface area contributed by atoms with Crippen molar-refractivity contribution in [2.45, 2.75) is 6.92 Å². The standard InChI is InChI=1S/C10H9Br3N2/c1-6(4-14)5-15-10-8(12)2-7(11)3-9(10)13/h2-3,6,15H,5H2,1H3. The van der Waals surface area contributed by atoms with Gasteiger partial charge in [-0.05, 0) is 50.9 Å². The van der Waals surface area contributed by atoms with Crippen molar-refractivity contribution in [1.29, 1.82) is 5.26 Å². The molecule has 1 N–H and O–H groups in total. The van der Waals surface area contributed by atoms with Crippen LogP contribution in [0.3, 0.4) is 0 Å². The number of halogens is 3. The zero-order valence-corrected chi connectivity index (χ0v) is 12.8. The van der Waals surface area contributed by atoms with Crippen LogP contribution in [0.5, 0.6) is 0 Å². The normalized spacial score (nSPS) is 11.9. The summed E-state index contributed by atoms with van der Waals surface area (Å²) in [5, 5.41) is 11.9. The van der Waals surface area contributed by atoms with Crippen LogP contribution < -0.4 is 5.32 Å². The molecule has 0 saturated carbocycles. The van der Waals surface area contributed by atoms with E-state index < -0.39 is 0 Å². The molecule has 0 aromatic heterocycles. The van der Waals surface area contributed by atoms with Crippen LogP contribution in [-0.4, -0.2) is 6.54 Å². The summed E-state index contributed by atoms with van der Waals surface area (Å²) < 4.78 is 2.93. The van der Waals surface area contributed by atoms with Crippen LogP contribution in [0.15, 0.2) is 25.6 Å². The summed E-state index contributed by atoms with van der Waals surface area (Å²) in [7, 11) is 0. The molecule has 0 amide bonds. The summed E-state index contributed by atoms with van der Waals surface area (Å²) in [4.78, 5) is 0. The molecular weight excluding hydrogens is 388 g/mol. The fourth-order valence-corrected chi connectivity index (χ4v) is 3.55. The predicted octanol–water partition coefficient (Wildman–Crippen LogP) is 4.55. The molecule has 1 aromatic carbocycles. The molecule has 2 nitrogen and oxygen atoms in total. The van der Waals surface area contributed by atoms with Crippen LogP contribution >= 0.6 is 47.8 Å². The third-order valence-corrected chi connectivity index (χ3v) is 3.52. The summed E-state index contributed by atoms with van der Waals surface area (Å²) in [5.74, 6) is -0.00699. The van der Waals surface area contributed by atoms with E-state index in [4.69, 9.17) is 5.26 Å². The molecular formula is C10H9Br3N2. The first kappa shape index (κ1) is 13.0. The molecule has 0 bridgehead atoms. The predicted molar refractivity (Wildman–Crippen MR) is 72.8 cm³/mol. The van der Waals surface area contributed by atoms with Gasteiger partial charge in [0.1, 0.15) is 0 Å². The quantitative estimate of drug-likeness (QED) is 0.813. The summed E-state index contributed by atoms with van der Waals surface area (Å²) in [6.45, 7) is 2.52. The van der Waals surface area contributed by atoms with Gasteiger partial charge in [0.05, 0.1) is 17.7 Å². The van der Waals surface area contributed by atoms with Gasteiger partial charge in [0.2, 0.25) is 0 Å². The van der Waals surface area contributed by atoms with Gasteiger partial charge in [-0.25, -0.2) is 0 Å². The Morgan fingerprint density at radius 3 is 2.33 bits per heavy atom. The van der Waals surface area contributed by atoms with E-state index in [-0.39, 0.29) is 5.92 Å². The molecule has 0 fully saturated rings. The van der Waals surface area contributed by atoms with Crippen LogP contribution in [0.2, 0.25) is 0 Å². The minimum Gasteiger partial charge on any atom is -0.382 e. The Hall–Kier alpha value is -0.0500. The zero-order chi connectivity index (χ0) is 11.4. The number of nitriles is 1. The lowest BCUT2D eigenvalue weighted by Crippen LogP contribution is -2.10. The monoisotopic (exact) mass is 394 g/mol. The molecule has 1 aromatic rings. The van der Waals surface area contributed by atoms with Crippen LogP contribution in [0.4, 0.5) is 5.69 Å². The van der Waals surface area contributed by atoms with Crippen LogP contribution in [-0.2, 0) is 0 Å². The SMILES string of the molecule is CC(C#N)CNc1c(Br)cc(Br)cc1Br. The van der Waals surface area contributed by atoms with E-state index in [9.17, 15) is 0 Å². The first-order chi connectivity index (χ1) is 7.04. The van der Waals surface area contributed by atoms with E-state index in [0.717, 1.165) is 19.1 Å². The molecule has 0 aliphatic heterocycles. The Morgan fingerprint density at radius 2 is 1.87 bits per heavy atom. The van der Waals surface area contributed by atoms with Gasteiger partial charge in [-0.3, -0.25) is 0 Å². The highest BCUT2D eigenvalue weighted by atomic mass is 79.9. The van der Waals surface area contributed by atoms with Crippen molar-refractivity contribution in [3.05, 3.63) is 25.6 Å². The lowest BCUT2D eigenvalue weighted by atomic mass is 10.2. The van der Waals surface area contributed by atoms with Gasteiger partial charge in [-0.2, -0.15) is 5.26 Å². The molecule has 5 heteroatoms. The van der Waals surface area contributed by atoms with Crippen LogP contribution in [0.1, 0.15) is 6.92 Å². The lowest BCUT2D eigenvalue weighted by molar-refractivity contribution is 0.785. The maximum absolute atomic E-state index is 8.67. The third kappa shape index (κ3) is 3.78. The van der Waals surface area contributed by atoms with Crippen molar-refractivity contribution < 1.29 is 0 Å². The second-order valence-electron chi connectivity index (χ2n) is 3.16. The summed E-state index contributed by atoms with van der Waals surface area (Å²) >= 11 is 10.3. The van der Waals surface area contributed by atoms with Crippen molar-refractivity contribution >= 4 is 53.5 Å². The Labute approximate surface area is 114 Å². The van der Waals surface area contributed by atoms with Gasteiger partial charge in [0, 0.05) is 20.0 Å². The van der Waals surface area contributed by atoms with Gasteiger partial charge in [-0.1, -0.05) is 15.9 Å². The molecule has 0 aliphatic carbocycles. The van der Waals surface area contributed by atoms with E-state index in [1.807, 2.05) is 19.1 Å². The van der Waals surface area contributed by atoms with Gasteiger partial charge >= 0.3 is 0 Å². The molecule has 0 aliphatic rings. The van der Waals surface area contributed by atoms with Gasteiger partial charge < -0.3 is 5.32 Å². The average molecular weight is 397 g/mol. The number of anilines is 1. The van der Waals surface area contributed by atoms with Crippen LogP contribution in [0.25, 0.3) is 0 Å². The summed E-state index contributed by atoms with van der Waals surface area (Å²) in [5.41, 5.74) is 0.973. The topological polar surface area (TPSA) is 35.8 Å². The Kier molecular flexibility index (Phi) is 5.10. The molecule has 0 spiro atoms. The molecule has 0 heterocycles. The highest BCUT2D eigenvalue weighted by Crippen LogP contribution is 2.34. The fourth-order valence-electron chi connectivity index (χ4n) is 1.01. The van der Waals surface area contributed by atoms with Crippen molar-refractivity contribution in [3.8, 4) is 6.07 Å². The van der Waals surface area contributed by atoms with Crippen molar-refractivity contribution in [1.82, 2.24) is 0 Å². The molecule has 80 valence electrons. The van der Waals surface area contributed by atoms with Gasteiger partial charge in [-0.15, -0.1) is 0 Å². The van der Waals surface area contributed by atoms with E-state index in [0.29, 0.717) is 6.54 Å². The molecule has 1 atom stereocenters. The smallest absolute Gasteiger partial charge is 0.0671 e. The van der Waals surface area contributed by atoms with E-state index in [2.05, 4.69) is 59.2 Å². The summed E-state index contributed by atoms with van der Waals surface area (Å²) in [6, 6.07) is 6.11. The van der Waals surface area contributed by atoms with Gasteiger partial charge in [0.25, 0.3) is 0 Å². The molecule has 15 heavy (non-hydrogen) atoms. The lowest BCUT2D eigenvalue weighted by Gasteiger charge is -2.12. The second-order valence-corrected chi connectivity index (χ2v) is 5.78. The highest BCUT2D eigenvalue weighted by Gasteiger charge is 2.07. The first-order valence-electron chi connectivity index (χ1n) is 4.32. The van der Waals surface area contributed by atoms with E-state index in [1.54, 1.807) is 0 Å². The van der Waals surface area contributed by atoms with Crippen molar-refractivity contribution in [2.75, 3.05) is 11.9 Å². The van der Waals surface area contributed by atoms with Crippen molar-refractivity contribution in [3.63, 3.8) is 0 Å². The number of nitrogens with zero attached hydrogens (tertiary/aromatic N) is 1. The Bertz CT molecular complexity index is 375. The fraction of sp³-hybridized carbons (Fsp3) is 0.300. The van der Waals surface area contributed by atoms with Crippen LogP contribution in [0, 0.1) is 17.2 Å². The van der Waals surface area contributed by atoms with E-state index >= 15 is 0 Å². The minimum absolute atomic E-state index is 0.00699. The largest absolute Gasteiger partial charge is 0.382 e. The maximum Gasteiger partial charge on any atom is 0.0671 e. The minimum atomic E-state index is -0.00699. The maximum atomic E-state index is 8.67. The van der Waals surface area contributed by atoms with E-state index in [1.165, 1.54) is 0 Å². The van der Waals surface area contributed by atoms with Crippen molar-refractivity contribution in [2.24, 2.45) is 5.92 Å². The number of hydrogen-bond donors (Lipinski definition) is 1. The molecule has 1 rings (SSSR count). The molecule has 0 saturated heterocycles.